The molecule has 0 aliphatic carbocycles. The molecule has 0 aromatic heterocycles. The molecule has 0 spiro atoms. The number of nitrogens with one attached hydrogen (secondary N) is 1. The van der Waals surface area contributed by atoms with Gasteiger partial charge in [0, 0.05) is 12.1 Å². The Morgan fingerprint density at radius 2 is 1.76 bits per heavy atom. The van der Waals surface area contributed by atoms with Crippen LogP contribution in [0.3, 0.4) is 0 Å². The van der Waals surface area contributed by atoms with Crippen molar-refractivity contribution in [1.82, 2.24) is 0 Å². The molecule has 1 N–H and O–H groups in total. The molecule has 2 aromatic carbocycles. The number of nitro benzene ring substituents is 1. The van der Waals surface area contributed by atoms with Gasteiger partial charge >= 0.3 is 5.97 Å². The molecule has 1 amide bonds. The zero-order valence-electron chi connectivity index (χ0n) is 15.7. The predicted octanol–water partition coefficient (Wildman–Crippen LogP) is 2.56. The number of rotatable bonds is 8. The average molecular weight is 408 g/mol. The van der Waals surface area contributed by atoms with Crippen LogP contribution in [0.1, 0.15) is 10.4 Å². The van der Waals surface area contributed by atoms with Gasteiger partial charge in [0.25, 0.3) is 11.6 Å². The minimum Gasteiger partial charge on any atom is -0.493 e. The third-order valence-corrected chi connectivity index (χ3v) is 3.69. The van der Waals surface area contributed by atoms with E-state index in [2.05, 4.69) is 5.32 Å². The second-order valence-electron chi connectivity index (χ2n) is 5.43. The smallest absolute Gasteiger partial charge is 0.342 e. The number of amides is 1. The molecular weight excluding hydrogens is 391 g/mol. The summed E-state index contributed by atoms with van der Waals surface area (Å²) in [7, 11) is 4.08. The highest BCUT2D eigenvalue weighted by Crippen LogP contribution is 2.39. The summed E-state index contributed by atoms with van der Waals surface area (Å²) in [5, 5.41) is 12.9. The lowest BCUT2D eigenvalue weighted by molar-refractivity contribution is -0.384. The number of carbonyl (C=O) groups excluding carboxylic acids is 2. The minimum absolute atomic E-state index is 0.0283. The van der Waals surface area contributed by atoms with E-state index in [1.165, 1.54) is 33.5 Å². The van der Waals surface area contributed by atoms with Crippen LogP contribution in [0.5, 0.6) is 17.2 Å². The van der Waals surface area contributed by atoms with Crippen molar-refractivity contribution in [2.75, 3.05) is 33.3 Å². The molecule has 0 aliphatic rings. The topological polar surface area (TPSA) is 126 Å². The first-order chi connectivity index (χ1) is 13.8. The monoisotopic (exact) mass is 408 g/mol. The Morgan fingerprint density at radius 1 is 1.07 bits per heavy atom. The highest BCUT2D eigenvalue weighted by atomic mass is 19.1. The largest absolute Gasteiger partial charge is 0.493 e. The number of carbonyl (C=O) groups is 2. The number of non-ortho nitro benzene ring substituents is 1. The standard InChI is InChI=1S/C18H17FN2O8/c1-26-14-7-5-11(16(27-2)17(14)28-3)18(23)29-9-15(22)20-13-8-10(21(24)25)4-6-12(13)19/h4-8H,9H2,1-3H3,(H,20,22). The number of benzene rings is 2. The van der Waals surface area contributed by atoms with Gasteiger partial charge in [-0.05, 0) is 18.2 Å². The van der Waals surface area contributed by atoms with Gasteiger partial charge in [0.15, 0.2) is 18.1 Å². The third kappa shape index (κ3) is 4.89. The molecule has 0 fully saturated rings. The molecule has 2 aromatic rings. The van der Waals surface area contributed by atoms with Crippen molar-refractivity contribution in [2.45, 2.75) is 0 Å². The number of methoxy groups -OCH3 is 3. The number of anilines is 1. The summed E-state index contributed by atoms with van der Waals surface area (Å²) >= 11 is 0. The van der Waals surface area contributed by atoms with Gasteiger partial charge in [0.2, 0.25) is 5.75 Å². The molecule has 0 unspecified atom stereocenters. The van der Waals surface area contributed by atoms with E-state index in [0.717, 1.165) is 18.2 Å². The molecule has 0 aliphatic heterocycles. The van der Waals surface area contributed by atoms with Gasteiger partial charge in [0.1, 0.15) is 11.4 Å². The van der Waals surface area contributed by atoms with Crippen LogP contribution >= 0.6 is 0 Å². The summed E-state index contributed by atoms with van der Waals surface area (Å²) < 4.78 is 34.1. The first-order valence-corrected chi connectivity index (χ1v) is 8.02. The van der Waals surface area contributed by atoms with Crippen molar-refractivity contribution >= 4 is 23.3 Å². The van der Waals surface area contributed by atoms with E-state index in [9.17, 15) is 24.1 Å². The molecule has 0 bridgehead atoms. The Kier molecular flexibility index (Phi) is 6.90. The Hall–Kier alpha value is -3.89. The molecule has 11 heteroatoms. The van der Waals surface area contributed by atoms with E-state index in [1.807, 2.05) is 0 Å². The zero-order chi connectivity index (χ0) is 21.6. The lowest BCUT2D eigenvalue weighted by atomic mass is 10.1. The van der Waals surface area contributed by atoms with E-state index in [1.54, 1.807) is 0 Å². The highest BCUT2D eigenvalue weighted by molar-refractivity contribution is 5.97. The van der Waals surface area contributed by atoms with Crippen molar-refractivity contribution in [2.24, 2.45) is 0 Å². The molecule has 0 saturated heterocycles. The van der Waals surface area contributed by atoms with Crippen LogP contribution in [0, 0.1) is 15.9 Å². The molecule has 0 heterocycles. The number of hydrogen-bond acceptors (Lipinski definition) is 8. The maximum atomic E-state index is 13.7. The zero-order valence-corrected chi connectivity index (χ0v) is 15.7. The number of hydrogen-bond donors (Lipinski definition) is 1. The average Bonchev–Trinajstić information content (AvgIpc) is 2.71. The first-order valence-electron chi connectivity index (χ1n) is 8.02. The molecule has 154 valence electrons. The van der Waals surface area contributed by atoms with Gasteiger partial charge in [-0.2, -0.15) is 0 Å². The summed E-state index contributed by atoms with van der Waals surface area (Å²) in [6, 6.07) is 5.46. The van der Waals surface area contributed by atoms with Gasteiger partial charge in [-0.25, -0.2) is 9.18 Å². The van der Waals surface area contributed by atoms with Crippen LogP contribution in [0.25, 0.3) is 0 Å². The summed E-state index contributed by atoms with van der Waals surface area (Å²) in [5.41, 5.74) is -0.850. The fourth-order valence-electron chi connectivity index (χ4n) is 2.38. The van der Waals surface area contributed by atoms with Gasteiger partial charge < -0.3 is 24.3 Å². The Labute approximate surface area is 164 Å². The Morgan fingerprint density at radius 3 is 2.34 bits per heavy atom. The Balaban J connectivity index is 2.11. The molecule has 0 atom stereocenters. The van der Waals surface area contributed by atoms with E-state index >= 15 is 0 Å². The molecule has 2 rings (SSSR count). The normalized spacial score (nSPS) is 10.1. The molecule has 29 heavy (non-hydrogen) atoms. The predicted molar refractivity (Wildman–Crippen MR) is 98.1 cm³/mol. The maximum Gasteiger partial charge on any atom is 0.342 e. The van der Waals surface area contributed by atoms with Crippen LogP contribution in [-0.2, 0) is 9.53 Å². The molecule has 10 nitrogen and oxygen atoms in total. The van der Waals surface area contributed by atoms with Crippen molar-refractivity contribution in [3.63, 3.8) is 0 Å². The summed E-state index contributed by atoms with van der Waals surface area (Å²) in [4.78, 5) is 34.3. The lowest BCUT2D eigenvalue weighted by Gasteiger charge is -2.15. The van der Waals surface area contributed by atoms with E-state index in [4.69, 9.17) is 18.9 Å². The second-order valence-corrected chi connectivity index (χ2v) is 5.43. The quantitative estimate of drug-likeness (QED) is 0.401. The second kappa shape index (κ2) is 9.35. The third-order valence-electron chi connectivity index (χ3n) is 3.69. The van der Waals surface area contributed by atoms with E-state index in [-0.39, 0.29) is 17.1 Å². The SMILES string of the molecule is COc1ccc(C(=O)OCC(=O)Nc2cc([N+](=O)[O-])ccc2F)c(OC)c1OC. The van der Waals surface area contributed by atoms with Gasteiger partial charge in [-0.3, -0.25) is 14.9 Å². The number of esters is 1. The fraction of sp³-hybridized carbons (Fsp3) is 0.222. The summed E-state index contributed by atoms with van der Waals surface area (Å²) in [5.74, 6) is -2.15. The van der Waals surface area contributed by atoms with Gasteiger partial charge in [0.05, 0.1) is 31.9 Å². The number of halogens is 1. The molecular formula is C18H17FN2O8. The lowest BCUT2D eigenvalue weighted by Crippen LogP contribution is -2.22. The van der Waals surface area contributed by atoms with Crippen LogP contribution in [0.2, 0.25) is 0 Å². The van der Waals surface area contributed by atoms with Crippen molar-refractivity contribution in [3.8, 4) is 17.2 Å². The van der Waals surface area contributed by atoms with E-state index in [0.29, 0.717) is 5.75 Å². The Bertz CT molecular complexity index is 948. The molecule has 0 saturated carbocycles. The van der Waals surface area contributed by atoms with Crippen LogP contribution < -0.4 is 19.5 Å². The van der Waals surface area contributed by atoms with Crippen molar-refractivity contribution in [1.29, 1.82) is 0 Å². The fourth-order valence-corrected chi connectivity index (χ4v) is 2.38. The first kappa shape index (κ1) is 21.4. The summed E-state index contributed by atoms with van der Waals surface area (Å²) in [6.07, 6.45) is 0. The van der Waals surface area contributed by atoms with Crippen LogP contribution in [0.4, 0.5) is 15.8 Å². The number of nitrogens with zero attached hydrogens (tertiary/aromatic N) is 1. The van der Waals surface area contributed by atoms with Crippen LogP contribution in [0.15, 0.2) is 30.3 Å². The minimum atomic E-state index is -0.905. The van der Waals surface area contributed by atoms with Crippen LogP contribution in [-0.4, -0.2) is 44.7 Å². The number of ether oxygens (including phenoxy) is 4. The maximum absolute atomic E-state index is 13.7. The highest BCUT2D eigenvalue weighted by Gasteiger charge is 2.22. The number of nitro groups is 1. The van der Waals surface area contributed by atoms with Gasteiger partial charge in [-0.1, -0.05) is 0 Å². The van der Waals surface area contributed by atoms with E-state index < -0.39 is 40.6 Å². The van der Waals surface area contributed by atoms with Crippen molar-refractivity contribution in [3.05, 3.63) is 51.8 Å². The van der Waals surface area contributed by atoms with Gasteiger partial charge in [-0.15, -0.1) is 0 Å². The molecule has 0 radical (unpaired) electrons. The summed E-state index contributed by atoms with van der Waals surface area (Å²) in [6.45, 7) is -0.765. The van der Waals surface area contributed by atoms with Crippen molar-refractivity contribution < 1.29 is 37.9 Å².